The largest absolute Gasteiger partial charge is 0.361 e. The maximum atomic E-state index is 12.7. The number of carbonyl (C=O) groups is 1. The number of para-hydroxylation sites is 1. The van der Waals surface area contributed by atoms with Gasteiger partial charge in [0, 0.05) is 38.4 Å². The minimum atomic E-state index is 0. The molecular weight excluding hydrogens is 310 g/mol. The van der Waals surface area contributed by atoms with E-state index in [9.17, 15) is 4.79 Å². The lowest BCUT2D eigenvalue weighted by Gasteiger charge is -2.33. The molecule has 1 saturated carbocycles. The lowest BCUT2D eigenvalue weighted by Crippen LogP contribution is -2.45. The number of rotatable bonds is 3. The van der Waals surface area contributed by atoms with Crippen LogP contribution in [-0.2, 0) is 11.3 Å². The number of halogens is 1. The Morgan fingerprint density at radius 3 is 2.78 bits per heavy atom. The molecule has 0 saturated heterocycles. The van der Waals surface area contributed by atoms with E-state index >= 15 is 0 Å². The maximum absolute atomic E-state index is 12.7. The minimum Gasteiger partial charge on any atom is -0.361 e. The minimum absolute atomic E-state index is 0. The van der Waals surface area contributed by atoms with Gasteiger partial charge in [0.1, 0.15) is 0 Å². The number of hydrogen-bond donors (Lipinski definition) is 1. The second kappa shape index (κ2) is 8.55. The Balaban J connectivity index is 0.00000192. The summed E-state index contributed by atoms with van der Waals surface area (Å²) in [5, 5.41) is 3.43. The fourth-order valence-electron chi connectivity index (χ4n) is 3.64. The van der Waals surface area contributed by atoms with E-state index in [4.69, 9.17) is 0 Å². The van der Waals surface area contributed by atoms with Gasteiger partial charge in [-0.05, 0) is 24.5 Å². The van der Waals surface area contributed by atoms with Crippen molar-refractivity contribution < 1.29 is 4.79 Å². The van der Waals surface area contributed by atoms with Crippen LogP contribution in [0.1, 0.15) is 37.7 Å². The van der Waals surface area contributed by atoms with Crippen LogP contribution in [0.25, 0.3) is 0 Å². The highest BCUT2D eigenvalue weighted by Crippen LogP contribution is 2.24. The van der Waals surface area contributed by atoms with E-state index < -0.39 is 0 Å². The lowest BCUT2D eigenvalue weighted by atomic mass is 9.94. The van der Waals surface area contributed by atoms with Gasteiger partial charge in [0.05, 0.1) is 6.54 Å². The Hall–Kier alpha value is -1.26. The number of fused-ring (bicyclic) bond motifs is 1. The Labute approximate surface area is 145 Å². The van der Waals surface area contributed by atoms with Gasteiger partial charge in [-0.3, -0.25) is 4.79 Å². The second-order valence-electron chi connectivity index (χ2n) is 6.52. The van der Waals surface area contributed by atoms with E-state index in [1.165, 1.54) is 43.4 Å². The molecule has 1 N–H and O–H groups in total. The third-order valence-electron chi connectivity index (χ3n) is 5.05. The van der Waals surface area contributed by atoms with Gasteiger partial charge in [-0.25, -0.2) is 0 Å². The molecule has 0 radical (unpaired) electrons. The monoisotopic (exact) mass is 337 g/mol. The summed E-state index contributed by atoms with van der Waals surface area (Å²) in [7, 11) is 1.99. The Morgan fingerprint density at radius 1 is 1.26 bits per heavy atom. The van der Waals surface area contributed by atoms with Crippen LogP contribution < -0.4 is 10.2 Å². The van der Waals surface area contributed by atoms with Crippen LogP contribution in [0, 0.1) is 0 Å². The Kier molecular flexibility index (Phi) is 6.72. The molecule has 0 bridgehead atoms. The standard InChI is InChI=1S/C18H27N3O.ClH/c1-20(16-8-3-2-4-9-16)18(22)14-21-12-11-19-13-15-7-5-6-10-17(15)21;/h5-7,10,16,19H,2-4,8-9,11-14H2,1H3;1H. The van der Waals surface area contributed by atoms with E-state index in [1.54, 1.807) is 0 Å². The van der Waals surface area contributed by atoms with Crippen LogP contribution >= 0.6 is 12.4 Å². The topological polar surface area (TPSA) is 35.6 Å². The van der Waals surface area contributed by atoms with Gasteiger partial charge in [-0.2, -0.15) is 0 Å². The quantitative estimate of drug-likeness (QED) is 0.921. The van der Waals surface area contributed by atoms with Gasteiger partial charge < -0.3 is 15.1 Å². The van der Waals surface area contributed by atoms with Crippen molar-refractivity contribution in [1.82, 2.24) is 10.2 Å². The molecule has 1 aliphatic carbocycles. The van der Waals surface area contributed by atoms with Gasteiger partial charge in [0.15, 0.2) is 0 Å². The average Bonchev–Trinajstić information content (AvgIpc) is 2.77. The van der Waals surface area contributed by atoms with Gasteiger partial charge in [0.25, 0.3) is 0 Å². The van der Waals surface area contributed by atoms with Gasteiger partial charge in [-0.15, -0.1) is 12.4 Å². The molecule has 1 fully saturated rings. The zero-order valence-electron chi connectivity index (χ0n) is 14.0. The first-order valence-electron chi connectivity index (χ1n) is 8.55. The Morgan fingerprint density at radius 2 is 2.00 bits per heavy atom. The average molecular weight is 338 g/mol. The predicted octanol–water partition coefficient (Wildman–Crippen LogP) is 2.81. The third kappa shape index (κ3) is 4.39. The molecule has 2 aliphatic rings. The van der Waals surface area contributed by atoms with Crippen LogP contribution in [0.5, 0.6) is 0 Å². The van der Waals surface area contributed by atoms with Gasteiger partial charge in [0.2, 0.25) is 5.91 Å². The first kappa shape index (κ1) is 18.1. The number of anilines is 1. The molecule has 4 nitrogen and oxygen atoms in total. The second-order valence-corrected chi connectivity index (χ2v) is 6.52. The molecule has 1 amide bonds. The SMILES string of the molecule is CN(C(=O)CN1CCNCc2ccccc21)C1CCCCC1.Cl. The summed E-state index contributed by atoms with van der Waals surface area (Å²) in [5.41, 5.74) is 2.49. The molecule has 5 heteroatoms. The van der Waals surface area contributed by atoms with Crippen molar-refractivity contribution in [3.63, 3.8) is 0 Å². The number of carbonyl (C=O) groups excluding carboxylic acids is 1. The van der Waals surface area contributed by atoms with Crippen molar-refractivity contribution in [1.29, 1.82) is 0 Å². The molecule has 1 aliphatic heterocycles. The van der Waals surface area contributed by atoms with E-state index in [0.29, 0.717) is 12.6 Å². The highest BCUT2D eigenvalue weighted by Gasteiger charge is 2.24. The third-order valence-corrected chi connectivity index (χ3v) is 5.05. The molecule has 1 aromatic carbocycles. The Bertz CT molecular complexity index is 517. The molecule has 23 heavy (non-hydrogen) atoms. The summed E-state index contributed by atoms with van der Waals surface area (Å²) < 4.78 is 0. The summed E-state index contributed by atoms with van der Waals surface area (Å²) in [6.45, 7) is 3.20. The number of nitrogens with one attached hydrogen (secondary N) is 1. The number of nitrogens with zero attached hydrogens (tertiary/aromatic N) is 2. The normalized spacial score (nSPS) is 18.6. The predicted molar refractivity (Wildman–Crippen MR) is 97.3 cm³/mol. The molecule has 128 valence electrons. The van der Waals surface area contributed by atoms with Crippen molar-refractivity contribution in [2.24, 2.45) is 0 Å². The number of likely N-dealkylation sites (N-methyl/N-ethyl adjacent to an activating group) is 1. The van der Waals surface area contributed by atoms with Crippen LogP contribution in [-0.4, -0.2) is 43.5 Å². The van der Waals surface area contributed by atoms with E-state index in [1.807, 2.05) is 11.9 Å². The van der Waals surface area contributed by atoms with Crippen molar-refractivity contribution in [3.8, 4) is 0 Å². The molecule has 3 rings (SSSR count). The van der Waals surface area contributed by atoms with E-state index in [0.717, 1.165) is 19.6 Å². The van der Waals surface area contributed by atoms with Gasteiger partial charge >= 0.3 is 0 Å². The van der Waals surface area contributed by atoms with E-state index in [2.05, 4.69) is 34.5 Å². The summed E-state index contributed by atoms with van der Waals surface area (Å²) in [4.78, 5) is 16.9. The van der Waals surface area contributed by atoms with Crippen molar-refractivity contribution in [3.05, 3.63) is 29.8 Å². The van der Waals surface area contributed by atoms with Crippen molar-refractivity contribution >= 4 is 24.0 Å². The van der Waals surface area contributed by atoms with Crippen LogP contribution in [0.4, 0.5) is 5.69 Å². The summed E-state index contributed by atoms with van der Waals surface area (Å²) >= 11 is 0. The van der Waals surface area contributed by atoms with Crippen LogP contribution in [0.3, 0.4) is 0 Å². The summed E-state index contributed by atoms with van der Waals surface area (Å²) in [6, 6.07) is 8.86. The zero-order chi connectivity index (χ0) is 15.4. The molecule has 1 aromatic rings. The lowest BCUT2D eigenvalue weighted by molar-refractivity contribution is -0.131. The highest BCUT2D eigenvalue weighted by atomic mass is 35.5. The smallest absolute Gasteiger partial charge is 0.242 e. The molecule has 0 spiro atoms. The van der Waals surface area contributed by atoms with Crippen LogP contribution in [0.15, 0.2) is 24.3 Å². The van der Waals surface area contributed by atoms with Crippen molar-refractivity contribution in [2.45, 2.75) is 44.7 Å². The first-order valence-corrected chi connectivity index (χ1v) is 8.55. The first-order chi connectivity index (χ1) is 10.8. The molecule has 0 unspecified atom stereocenters. The molecule has 1 heterocycles. The zero-order valence-corrected chi connectivity index (χ0v) is 14.8. The number of amides is 1. The van der Waals surface area contributed by atoms with E-state index in [-0.39, 0.29) is 18.3 Å². The fraction of sp³-hybridized carbons (Fsp3) is 0.611. The fourth-order valence-corrected chi connectivity index (χ4v) is 3.64. The van der Waals surface area contributed by atoms with Crippen molar-refractivity contribution in [2.75, 3.05) is 31.6 Å². The molecule has 0 atom stereocenters. The maximum Gasteiger partial charge on any atom is 0.242 e. The highest BCUT2D eigenvalue weighted by molar-refractivity contribution is 5.85. The number of benzene rings is 1. The summed E-state index contributed by atoms with van der Waals surface area (Å²) in [5.74, 6) is 0.253. The number of hydrogen-bond acceptors (Lipinski definition) is 3. The molecular formula is C18H28ClN3O. The molecule has 0 aromatic heterocycles. The summed E-state index contributed by atoms with van der Waals surface area (Å²) in [6.07, 6.45) is 6.18. The van der Waals surface area contributed by atoms with Crippen LogP contribution in [0.2, 0.25) is 0 Å². The van der Waals surface area contributed by atoms with Gasteiger partial charge in [-0.1, -0.05) is 37.5 Å².